The van der Waals surface area contributed by atoms with E-state index in [1.165, 1.54) is 123 Å². The molecule has 6 rings (SSSR count). The van der Waals surface area contributed by atoms with Gasteiger partial charge in [-0.1, -0.05) is 121 Å². The lowest BCUT2D eigenvalue weighted by Gasteiger charge is -2.09. The van der Waals surface area contributed by atoms with E-state index in [4.69, 9.17) is 0 Å². The molecule has 0 aliphatic carbocycles. The first-order chi connectivity index (χ1) is 25.1. The number of rotatable bonds is 20. The number of allylic oxidation sites excluding steroid dienone is 4. The zero-order valence-electron chi connectivity index (χ0n) is 31.9. The van der Waals surface area contributed by atoms with Crippen LogP contribution in [0.25, 0.3) is 38.5 Å². The molecule has 1 aromatic heterocycles. The van der Waals surface area contributed by atoms with Crippen molar-refractivity contribution >= 4 is 49.9 Å². The molecule has 0 amide bonds. The van der Waals surface area contributed by atoms with Crippen LogP contribution in [0.5, 0.6) is 0 Å². The quantitative estimate of drug-likeness (QED) is 0.0494. The summed E-state index contributed by atoms with van der Waals surface area (Å²) in [7, 11) is 0. The molecule has 0 fully saturated rings. The molecule has 2 heterocycles. The normalized spacial score (nSPS) is 13.8. The van der Waals surface area contributed by atoms with E-state index in [0.717, 1.165) is 51.6 Å². The molecule has 0 bridgehead atoms. The molecular weight excluding hydrogens is 621 g/mol. The smallest absolute Gasteiger partial charge is 0.214 e. The fraction of sp³-hybridized carbons (Fsp3) is 0.438. The van der Waals surface area contributed by atoms with Gasteiger partial charge in [-0.15, -0.1) is 0 Å². The van der Waals surface area contributed by atoms with E-state index in [2.05, 4.69) is 122 Å². The van der Waals surface area contributed by atoms with E-state index < -0.39 is 0 Å². The Morgan fingerprint density at radius 1 is 0.686 bits per heavy atom. The molecule has 0 saturated carbocycles. The van der Waals surface area contributed by atoms with E-state index in [1.807, 2.05) is 0 Å². The summed E-state index contributed by atoms with van der Waals surface area (Å²) in [6, 6.07) is 23.4. The van der Waals surface area contributed by atoms with Gasteiger partial charge in [0, 0.05) is 53.4 Å². The van der Waals surface area contributed by atoms with Crippen molar-refractivity contribution in [1.82, 2.24) is 4.57 Å². The van der Waals surface area contributed by atoms with Gasteiger partial charge in [-0.05, 0) is 90.6 Å². The lowest BCUT2D eigenvalue weighted by molar-refractivity contribution is -0.436. The lowest BCUT2D eigenvalue weighted by atomic mass is 9.95. The molecule has 1 aliphatic rings. The van der Waals surface area contributed by atoms with Crippen LogP contribution in [-0.4, -0.2) is 33.1 Å². The topological polar surface area (TPSA) is 28.2 Å². The standard InChI is InChI=1S/C48H61N2O/c1-5-9-13-19-37-27-31-45-47-39(37)21-15-23-41(47)43(49(45)33-11-7-3)29-25-36(18-17-35-51)26-30-44-42-24-16-22-40-38(20-14-10-6-2)28-32-46(48(40)42)50(44)34-12-8-4/h15-16,21-32,51H,5-14,17-20,33-35H2,1-4H3/q+1. The zero-order chi connectivity index (χ0) is 35.6. The maximum Gasteiger partial charge on any atom is 0.214 e. The fourth-order valence-electron chi connectivity index (χ4n) is 8.24. The molecule has 0 spiro atoms. The van der Waals surface area contributed by atoms with Gasteiger partial charge in [0.2, 0.25) is 11.4 Å². The second-order valence-electron chi connectivity index (χ2n) is 14.7. The van der Waals surface area contributed by atoms with Gasteiger partial charge < -0.3 is 9.67 Å². The number of hydrogen-bond acceptors (Lipinski definition) is 1. The van der Waals surface area contributed by atoms with E-state index >= 15 is 0 Å². The summed E-state index contributed by atoms with van der Waals surface area (Å²) in [5.74, 6) is 0. The minimum Gasteiger partial charge on any atom is -0.396 e. The number of aliphatic hydroxyl groups is 1. The van der Waals surface area contributed by atoms with Crippen LogP contribution in [0.15, 0.2) is 84.5 Å². The summed E-state index contributed by atoms with van der Waals surface area (Å²) in [5, 5.41) is 18.2. The molecule has 0 unspecified atom stereocenters. The molecule has 268 valence electrons. The van der Waals surface area contributed by atoms with Gasteiger partial charge in [0.25, 0.3) is 0 Å². The number of aliphatic hydroxyl groups excluding tert-OH is 1. The van der Waals surface area contributed by atoms with Crippen LogP contribution < -0.4 is 5.35 Å². The molecule has 0 saturated heterocycles. The summed E-state index contributed by atoms with van der Waals surface area (Å²) in [4.78, 5) is 0. The van der Waals surface area contributed by atoms with Crippen molar-refractivity contribution in [3.63, 3.8) is 0 Å². The number of aromatic nitrogens is 1. The Kier molecular flexibility index (Phi) is 13.0. The van der Waals surface area contributed by atoms with Gasteiger partial charge in [0.1, 0.15) is 6.54 Å². The Labute approximate surface area is 307 Å². The monoisotopic (exact) mass is 681 g/mol. The lowest BCUT2D eigenvalue weighted by Crippen LogP contribution is -2.16. The van der Waals surface area contributed by atoms with Crippen molar-refractivity contribution < 1.29 is 9.68 Å². The van der Waals surface area contributed by atoms with E-state index in [9.17, 15) is 5.11 Å². The molecule has 4 aromatic carbocycles. The second-order valence-corrected chi connectivity index (χ2v) is 14.7. The van der Waals surface area contributed by atoms with Gasteiger partial charge >= 0.3 is 0 Å². The van der Waals surface area contributed by atoms with Crippen LogP contribution in [0, 0.1) is 0 Å². The Morgan fingerprint density at radius 3 is 2.06 bits per heavy atom. The van der Waals surface area contributed by atoms with Crippen LogP contribution in [0.2, 0.25) is 0 Å². The van der Waals surface area contributed by atoms with Crippen LogP contribution in [0.3, 0.4) is 0 Å². The predicted molar refractivity (Wildman–Crippen MR) is 222 cm³/mol. The van der Waals surface area contributed by atoms with Crippen molar-refractivity contribution in [1.29, 1.82) is 0 Å². The Bertz CT molecular complexity index is 2090. The average molecular weight is 682 g/mol. The fourth-order valence-corrected chi connectivity index (χ4v) is 8.24. The van der Waals surface area contributed by atoms with E-state index in [1.54, 1.807) is 0 Å². The van der Waals surface area contributed by atoms with Crippen molar-refractivity contribution in [2.75, 3.05) is 13.2 Å². The molecule has 3 nitrogen and oxygen atoms in total. The van der Waals surface area contributed by atoms with Crippen LogP contribution in [0.4, 0.5) is 5.69 Å². The third-order valence-electron chi connectivity index (χ3n) is 11.0. The van der Waals surface area contributed by atoms with E-state index in [-0.39, 0.29) is 6.61 Å². The summed E-state index contributed by atoms with van der Waals surface area (Å²) in [6.07, 6.45) is 25.5. The Balaban J connectivity index is 1.44. The maximum atomic E-state index is 9.91. The number of nitrogens with zero attached hydrogens (tertiary/aromatic N) is 2. The van der Waals surface area contributed by atoms with Gasteiger partial charge in [0.15, 0.2) is 0 Å². The third kappa shape index (κ3) is 7.95. The summed E-state index contributed by atoms with van der Waals surface area (Å²) >= 11 is 0. The van der Waals surface area contributed by atoms with Crippen molar-refractivity contribution in [3.8, 4) is 0 Å². The first-order valence-electron chi connectivity index (χ1n) is 20.4. The molecule has 51 heavy (non-hydrogen) atoms. The number of aryl methyl sites for hydroxylation is 3. The molecule has 1 N–H and O–H groups in total. The number of unbranched alkanes of at least 4 members (excludes halogenated alkanes) is 6. The van der Waals surface area contributed by atoms with Gasteiger partial charge in [-0.3, -0.25) is 0 Å². The number of hydrogen-bond donors (Lipinski definition) is 1. The first-order valence-corrected chi connectivity index (χ1v) is 20.4. The van der Waals surface area contributed by atoms with Gasteiger partial charge in [-0.2, -0.15) is 4.58 Å². The highest BCUT2D eigenvalue weighted by Gasteiger charge is 2.31. The zero-order valence-corrected chi connectivity index (χ0v) is 31.9. The molecule has 1 aliphatic heterocycles. The third-order valence-corrected chi connectivity index (χ3v) is 11.0. The minimum atomic E-state index is 0.195. The second kappa shape index (κ2) is 18.0. The highest BCUT2D eigenvalue weighted by atomic mass is 16.2. The van der Waals surface area contributed by atoms with Crippen LogP contribution in [0.1, 0.15) is 121 Å². The highest BCUT2D eigenvalue weighted by Crippen LogP contribution is 2.38. The SMILES string of the molecule is CCCCCc1ccc2c3c(cccc13)C(/C=C/C(=C/C=c1\c3cccc4c(CCCCC)ccc(c43)n1CCCC)CCCO)=[N+]2CCCC. The molecule has 5 aromatic rings. The predicted octanol–water partition coefficient (Wildman–Crippen LogP) is 11.9. The van der Waals surface area contributed by atoms with Gasteiger partial charge in [-0.25, -0.2) is 0 Å². The summed E-state index contributed by atoms with van der Waals surface area (Å²) in [6.45, 7) is 11.4. The molecular formula is C48H61N2O+. The van der Waals surface area contributed by atoms with Crippen molar-refractivity contribution in [2.45, 2.75) is 124 Å². The first kappa shape index (κ1) is 36.8. The minimum absolute atomic E-state index is 0.195. The van der Waals surface area contributed by atoms with Crippen molar-refractivity contribution in [3.05, 3.63) is 107 Å². The van der Waals surface area contributed by atoms with Gasteiger partial charge in [0.05, 0.1) is 10.9 Å². The molecule has 0 radical (unpaired) electrons. The van der Waals surface area contributed by atoms with E-state index in [0.29, 0.717) is 0 Å². The average Bonchev–Trinajstić information content (AvgIpc) is 3.63. The number of benzene rings is 4. The summed E-state index contributed by atoms with van der Waals surface area (Å²) < 4.78 is 5.13. The molecule has 3 heteroatoms. The Hall–Kier alpha value is -3.95. The van der Waals surface area contributed by atoms with Crippen LogP contribution >= 0.6 is 0 Å². The molecule has 0 atom stereocenters. The summed E-state index contributed by atoms with van der Waals surface area (Å²) in [5.41, 5.74) is 9.57. The van der Waals surface area contributed by atoms with Crippen molar-refractivity contribution in [2.24, 2.45) is 0 Å². The largest absolute Gasteiger partial charge is 0.396 e. The maximum absolute atomic E-state index is 9.91. The highest BCUT2D eigenvalue weighted by molar-refractivity contribution is 6.20. The van der Waals surface area contributed by atoms with Crippen LogP contribution in [-0.2, 0) is 19.4 Å². The Morgan fingerprint density at radius 2 is 1.35 bits per heavy atom.